The van der Waals surface area contributed by atoms with Gasteiger partial charge in [0.2, 0.25) is 0 Å². The molecule has 1 aromatic rings. The summed E-state index contributed by atoms with van der Waals surface area (Å²) in [6.45, 7) is 4.64. The van der Waals surface area contributed by atoms with Crippen molar-refractivity contribution in [1.82, 2.24) is 0 Å². The van der Waals surface area contributed by atoms with E-state index in [1.807, 2.05) is 13.8 Å². The van der Waals surface area contributed by atoms with Gasteiger partial charge >= 0.3 is 0 Å². The average Bonchev–Trinajstić information content (AvgIpc) is 3.28. The van der Waals surface area contributed by atoms with Crippen LogP contribution in [0, 0.1) is 11.7 Å². The van der Waals surface area contributed by atoms with Gasteiger partial charge in [0.15, 0.2) is 11.6 Å². The molecule has 0 bridgehead atoms. The van der Waals surface area contributed by atoms with Gasteiger partial charge in [-0.25, -0.2) is 4.39 Å². The fourth-order valence-corrected chi connectivity index (χ4v) is 1.84. The van der Waals surface area contributed by atoms with E-state index >= 15 is 0 Å². The average molecular weight is 251 g/mol. The predicted octanol–water partition coefficient (Wildman–Crippen LogP) is 3.59. The van der Waals surface area contributed by atoms with Crippen molar-refractivity contribution >= 4 is 0 Å². The Labute approximate surface area is 108 Å². The van der Waals surface area contributed by atoms with E-state index in [4.69, 9.17) is 10.5 Å². The van der Waals surface area contributed by atoms with Crippen molar-refractivity contribution in [3.05, 3.63) is 29.6 Å². The zero-order valence-electron chi connectivity index (χ0n) is 11.2. The lowest BCUT2D eigenvalue weighted by Crippen LogP contribution is -2.18. The highest BCUT2D eigenvalue weighted by Gasteiger charge is 2.40. The van der Waals surface area contributed by atoms with E-state index in [2.05, 4.69) is 0 Å². The summed E-state index contributed by atoms with van der Waals surface area (Å²) in [7, 11) is 0. The fourth-order valence-electron chi connectivity index (χ4n) is 1.84. The number of nitrogens with two attached hydrogens (primary N) is 1. The van der Waals surface area contributed by atoms with Crippen LogP contribution in [0.5, 0.6) is 5.75 Å². The molecule has 1 aromatic carbocycles. The SMILES string of the molecule is CC.NC1(c2ccc(F)c(OCC3CC3)c2)CC1. The molecule has 0 spiro atoms. The molecule has 0 unspecified atom stereocenters. The molecule has 100 valence electrons. The van der Waals surface area contributed by atoms with Crippen LogP contribution in [0.3, 0.4) is 0 Å². The summed E-state index contributed by atoms with van der Waals surface area (Å²) in [4.78, 5) is 0. The molecule has 18 heavy (non-hydrogen) atoms. The molecule has 3 rings (SSSR count). The first kappa shape index (κ1) is 13.3. The van der Waals surface area contributed by atoms with Crippen molar-refractivity contribution in [3.8, 4) is 5.75 Å². The van der Waals surface area contributed by atoms with Gasteiger partial charge < -0.3 is 10.5 Å². The smallest absolute Gasteiger partial charge is 0.165 e. The highest BCUT2D eigenvalue weighted by atomic mass is 19.1. The lowest BCUT2D eigenvalue weighted by atomic mass is 10.1. The predicted molar refractivity (Wildman–Crippen MR) is 71.1 cm³/mol. The molecule has 0 saturated heterocycles. The Morgan fingerprint density at radius 1 is 1.33 bits per heavy atom. The maximum Gasteiger partial charge on any atom is 0.165 e. The Bertz CT molecular complexity index is 411. The van der Waals surface area contributed by atoms with Crippen LogP contribution in [0.1, 0.15) is 45.1 Å². The second kappa shape index (κ2) is 5.27. The summed E-state index contributed by atoms with van der Waals surface area (Å²) in [6.07, 6.45) is 4.39. The van der Waals surface area contributed by atoms with Crippen LogP contribution >= 0.6 is 0 Å². The monoisotopic (exact) mass is 251 g/mol. The highest BCUT2D eigenvalue weighted by Crippen LogP contribution is 2.44. The minimum absolute atomic E-state index is 0.217. The third kappa shape index (κ3) is 3.02. The standard InChI is InChI=1S/C13H16FNO.C2H6/c14-11-4-3-10(13(15)5-6-13)7-12(11)16-8-9-1-2-9;1-2/h3-4,7,9H,1-2,5-6,8,15H2;1-2H3. The van der Waals surface area contributed by atoms with E-state index < -0.39 is 0 Å². The zero-order valence-corrected chi connectivity index (χ0v) is 11.2. The van der Waals surface area contributed by atoms with Gasteiger partial charge in [-0.05, 0) is 49.3 Å². The van der Waals surface area contributed by atoms with Crippen LogP contribution < -0.4 is 10.5 Å². The lowest BCUT2D eigenvalue weighted by molar-refractivity contribution is 0.285. The molecule has 2 saturated carbocycles. The Kier molecular flexibility index (Phi) is 3.91. The third-order valence-corrected chi connectivity index (χ3v) is 3.47. The van der Waals surface area contributed by atoms with Gasteiger partial charge in [0.25, 0.3) is 0 Å². The summed E-state index contributed by atoms with van der Waals surface area (Å²) < 4.78 is 19.0. The van der Waals surface area contributed by atoms with Gasteiger partial charge in [0.05, 0.1) is 6.61 Å². The van der Waals surface area contributed by atoms with Crippen LogP contribution in [0.25, 0.3) is 0 Å². The lowest BCUT2D eigenvalue weighted by Gasteiger charge is -2.12. The molecule has 0 radical (unpaired) electrons. The first-order chi connectivity index (χ1) is 8.67. The first-order valence-electron chi connectivity index (χ1n) is 6.89. The molecule has 0 aliphatic heterocycles. The quantitative estimate of drug-likeness (QED) is 0.887. The van der Waals surface area contributed by atoms with Crippen LogP contribution in [-0.2, 0) is 5.54 Å². The van der Waals surface area contributed by atoms with Crippen LogP contribution in [0.2, 0.25) is 0 Å². The minimum atomic E-state index is -0.284. The van der Waals surface area contributed by atoms with Crippen LogP contribution in [-0.4, -0.2) is 6.61 Å². The molecule has 2 aliphatic rings. The van der Waals surface area contributed by atoms with E-state index in [1.54, 1.807) is 12.1 Å². The van der Waals surface area contributed by atoms with Crippen molar-refractivity contribution in [1.29, 1.82) is 0 Å². The maximum atomic E-state index is 13.5. The molecule has 0 atom stereocenters. The van der Waals surface area contributed by atoms with Gasteiger partial charge in [-0.2, -0.15) is 0 Å². The number of benzene rings is 1. The van der Waals surface area contributed by atoms with Crippen molar-refractivity contribution in [2.24, 2.45) is 11.7 Å². The molecule has 2 nitrogen and oxygen atoms in total. The van der Waals surface area contributed by atoms with E-state index in [-0.39, 0.29) is 11.4 Å². The van der Waals surface area contributed by atoms with Crippen LogP contribution in [0.15, 0.2) is 18.2 Å². The largest absolute Gasteiger partial charge is 0.490 e. The topological polar surface area (TPSA) is 35.2 Å². The maximum absolute atomic E-state index is 13.5. The van der Waals surface area contributed by atoms with Crippen molar-refractivity contribution in [3.63, 3.8) is 0 Å². The molecule has 0 aromatic heterocycles. The molecule has 0 heterocycles. The second-order valence-electron chi connectivity index (χ2n) is 5.06. The summed E-state index contributed by atoms with van der Waals surface area (Å²) in [5, 5.41) is 0. The molecular formula is C15H22FNO. The molecule has 2 N–H and O–H groups in total. The molecule has 3 heteroatoms. The summed E-state index contributed by atoms with van der Waals surface area (Å²) >= 11 is 0. The van der Waals surface area contributed by atoms with Gasteiger partial charge in [0.1, 0.15) is 0 Å². The van der Waals surface area contributed by atoms with Crippen molar-refractivity contribution in [2.75, 3.05) is 6.61 Å². The van der Waals surface area contributed by atoms with E-state index in [0.29, 0.717) is 18.3 Å². The zero-order chi connectivity index (χ0) is 13.2. The van der Waals surface area contributed by atoms with Gasteiger partial charge in [-0.3, -0.25) is 0 Å². The number of hydrogen-bond acceptors (Lipinski definition) is 2. The van der Waals surface area contributed by atoms with E-state index in [0.717, 1.165) is 18.4 Å². The summed E-state index contributed by atoms with van der Waals surface area (Å²) in [6, 6.07) is 5.00. The number of halogens is 1. The summed E-state index contributed by atoms with van der Waals surface area (Å²) in [5.74, 6) is 0.714. The molecular weight excluding hydrogens is 229 g/mol. The number of hydrogen-bond donors (Lipinski definition) is 1. The summed E-state index contributed by atoms with van der Waals surface area (Å²) in [5.41, 5.74) is 6.86. The van der Waals surface area contributed by atoms with E-state index in [1.165, 1.54) is 18.9 Å². The Balaban J connectivity index is 0.000000574. The second-order valence-corrected chi connectivity index (χ2v) is 5.06. The first-order valence-corrected chi connectivity index (χ1v) is 6.89. The van der Waals surface area contributed by atoms with Crippen molar-refractivity contribution in [2.45, 2.75) is 45.1 Å². The Hall–Kier alpha value is -1.09. The Morgan fingerprint density at radius 2 is 2.00 bits per heavy atom. The van der Waals surface area contributed by atoms with Crippen molar-refractivity contribution < 1.29 is 9.13 Å². The van der Waals surface area contributed by atoms with Crippen LogP contribution in [0.4, 0.5) is 4.39 Å². The number of rotatable bonds is 4. The van der Waals surface area contributed by atoms with Gasteiger partial charge in [0, 0.05) is 5.54 Å². The third-order valence-electron chi connectivity index (χ3n) is 3.47. The molecule has 0 amide bonds. The molecule has 2 fully saturated rings. The van der Waals surface area contributed by atoms with Gasteiger partial charge in [-0.15, -0.1) is 0 Å². The highest BCUT2D eigenvalue weighted by molar-refractivity contribution is 5.37. The number of ether oxygens (including phenoxy) is 1. The van der Waals surface area contributed by atoms with Gasteiger partial charge in [-0.1, -0.05) is 19.9 Å². The normalized spacial score (nSPS) is 19.8. The van der Waals surface area contributed by atoms with E-state index in [9.17, 15) is 4.39 Å². The fraction of sp³-hybridized carbons (Fsp3) is 0.600. The molecule has 2 aliphatic carbocycles. The minimum Gasteiger partial charge on any atom is -0.490 e. The Morgan fingerprint density at radius 3 is 2.56 bits per heavy atom.